The van der Waals surface area contributed by atoms with Gasteiger partial charge in [0, 0.05) is 12.5 Å². The molecule has 1 fully saturated rings. The molecule has 1 saturated carbocycles. The van der Waals surface area contributed by atoms with Gasteiger partial charge in [0.15, 0.2) is 0 Å². The third-order valence-electron chi connectivity index (χ3n) is 3.62. The molecule has 4 nitrogen and oxygen atoms in total. The molecule has 98 valence electrons. The summed E-state index contributed by atoms with van der Waals surface area (Å²) in [6.45, 7) is 1.01. The van der Waals surface area contributed by atoms with Gasteiger partial charge in [-0.1, -0.05) is 41.9 Å². The van der Waals surface area contributed by atoms with Crippen molar-refractivity contribution >= 4 is 5.84 Å². The van der Waals surface area contributed by atoms with E-state index < -0.39 is 0 Å². The highest BCUT2D eigenvalue weighted by Gasteiger charge is 2.20. The first-order valence-corrected chi connectivity index (χ1v) is 6.54. The van der Waals surface area contributed by atoms with Gasteiger partial charge in [-0.2, -0.15) is 0 Å². The van der Waals surface area contributed by atoms with Crippen LogP contribution in [0.4, 0.5) is 0 Å². The molecule has 0 heterocycles. The van der Waals surface area contributed by atoms with Crippen LogP contribution < -0.4 is 11.1 Å². The number of amidine groups is 1. The van der Waals surface area contributed by atoms with E-state index in [9.17, 15) is 0 Å². The second-order valence-corrected chi connectivity index (χ2v) is 4.96. The van der Waals surface area contributed by atoms with Gasteiger partial charge >= 0.3 is 0 Å². The zero-order valence-corrected chi connectivity index (χ0v) is 10.5. The number of hydrogen-bond acceptors (Lipinski definition) is 3. The molecule has 18 heavy (non-hydrogen) atoms. The monoisotopic (exact) mass is 247 g/mol. The van der Waals surface area contributed by atoms with Crippen molar-refractivity contribution in [2.75, 3.05) is 6.54 Å². The lowest BCUT2D eigenvalue weighted by Crippen LogP contribution is -2.33. The lowest BCUT2D eigenvalue weighted by Gasteiger charge is -2.28. The van der Waals surface area contributed by atoms with E-state index in [2.05, 4.69) is 22.6 Å². The van der Waals surface area contributed by atoms with Gasteiger partial charge in [0.25, 0.3) is 0 Å². The molecule has 1 aromatic carbocycles. The van der Waals surface area contributed by atoms with Crippen molar-refractivity contribution in [2.45, 2.75) is 31.7 Å². The van der Waals surface area contributed by atoms with Gasteiger partial charge < -0.3 is 16.3 Å². The average molecular weight is 247 g/mol. The molecular weight excluding hydrogens is 226 g/mol. The first-order chi connectivity index (χ1) is 8.79. The van der Waals surface area contributed by atoms with E-state index in [4.69, 9.17) is 10.9 Å². The topological polar surface area (TPSA) is 70.6 Å². The second-order valence-electron chi connectivity index (χ2n) is 4.96. The predicted molar refractivity (Wildman–Crippen MR) is 72.6 cm³/mol. The Bertz CT molecular complexity index is 387. The molecule has 4 heteroatoms. The van der Waals surface area contributed by atoms with Crippen LogP contribution in [-0.4, -0.2) is 17.6 Å². The van der Waals surface area contributed by atoms with Crippen LogP contribution >= 0.6 is 0 Å². The van der Waals surface area contributed by atoms with Crippen LogP contribution in [0.25, 0.3) is 0 Å². The van der Waals surface area contributed by atoms with Gasteiger partial charge in [0.05, 0.1) is 0 Å². The summed E-state index contributed by atoms with van der Waals surface area (Å²) in [6, 6.07) is 10.3. The van der Waals surface area contributed by atoms with Gasteiger partial charge in [0.1, 0.15) is 5.84 Å². The fourth-order valence-electron chi connectivity index (χ4n) is 2.25. The second kappa shape index (κ2) is 6.40. The SMILES string of the molecule is N/C(CC(NCC1CCC1)c1ccccc1)=N\O. The van der Waals surface area contributed by atoms with Crippen molar-refractivity contribution in [1.29, 1.82) is 0 Å². The third kappa shape index (κ3) is 3.47. The van der Waals surface area contributed by atoms with Gasteiger partial charge in [-0.15, -0.1) is 0 Å². The molecule has 0 aromatic heterocycles. The molecule has 1 atom stereocenters. The molecule has 0 bridgehead atoms. The number of nitrogens with zero attached hydrogens (tertiary/aromatic N) is 1. The molecule has 0 radical (unpaired) electrons. The summed E-state index contributed by atoms with van der Waals surface area (Å²) in [4.78, 5) is 0. The summed E-state index contributed by atoms with van der Waals surface area (Å²) < 4.78 is 0. The van der Waals surface area contributed by atoms with E-state index in [1.165, 1.54) is 24.8 Å². The minimum Gasteiger partial charge on any atom is -0.409 e. The molecule has 1 aliphatic carbocycles. The summed E-state index contributed by atoms with van der Waals surface area (Å²) in [7, 11) is 0. The molecule has 1 aliphatic rings. The molecule has 0 saturated heterocycles. The summed E-state index contributed by atoms with van der Waals surface area (Å²) in [5.74, 6) is 1.06. The maximum atomic E-state index is 8.70. The first-order valence-electron chi connectivity index (χ1n) is 6.54. The van der Waals surface area contributed by atoms with E-state index in [-0.39, 0.29) is 11.9 Å². The van der Waals surface area contributed by atoms with Crippen LogP contribution in [0.1, 0.15) is 37.3 Å². The van der Waals surface area contributed by atoms with Crippen LogP contribution in [0.3, 0.4) is 0 Å². The largest absolute Gasteiger partial charge is 0.409 e. The summed E-state index contributed by atoms with van der Waals surface area (Å²) in [6.07, 6.45) is 4.52. The first kappa shape index (κ1) is 12.9. The third-order valence-corrected chi connectivity index (χ3v) is 3.62. The molecule has 2 rings (SSSR count). The van der Waals surface area contributed by atoms with Crippen LogP contribution in [0.15, 0.2) is 35.5 Å². The van der Waals surface area contributed by atoms with Crippen LogP contribution in [0.2, 0.25) is 0 Å². The number of rotatable bonds is 6. The number of hydrogen-bond donors (Lipinski definition) is 3. The molecule has 1 aromatic rings. The molecule has 4 N–H and O–H groups in total. The highest BCUT2D eigenvalue weighted by molar-refractivity contribution is 5.80. The van der Waals surface area contributed by atoms with Gasteiger partial charge in [0.2, 0.25) is 0 Å². The van der Waals surface area contributed by atoms with E-state index in [1.54, 1.807) is 0 Å². The van der Waals surface area contributed by atoms with E-state index in [0.717, 1.165) is 12.5 Å². The van der Waals surface area contributed by atoms with Gasteiger partial charge in [-0.05, 0) is 30.9 Å². The van der Waals surface area contributed by atoms with E-state index in [0.29, 0.717) is 6.42 Å². The minimum atomic E-state index is 0.127. The average Bonchev–Trinajstić information content (AvgIpc) is 2.36. The fourth-order valence-corrected chi connectivity index (χ4v) is 2.25. The maximum absolute atomic E-state index is 8.70. The standard InChI is InChI=1S/C14H21N3O/c15-14(17-18)9-13(12-7-2-1-3-8-12)16-10-11-5-4-6-11/h1-3,7-8,11,13,16,18H,4-6,9-10H2,(H2,15,17). The minimum absolute atomic E-state index is 0.127. The Hall–Kier alpha value is -1.55. The van der Waals surface area contributed by atoms with Crippen molar-refractivity contribution in [3.05, 3.63) is 35.9 Å². The zero-order chi connectivity index (χ0) is 12.8. The highest BCUT2D eigenvalue weighted by Crippen LogP contribution is 2.26. The normalized spacial score (nSPS) is 18.3. The molecule has 0 amide bonds. The summed E-state index contributed by atoms with van der Waals surface area (Å²) >= 11 is 0. The van der Waals surface area contributed by atoms with Crippen LogP contribution in [0, 0.1) is 5.92 Å². The number of oxime groups is 1. The number of nitrogens with two attached hydrogens (primary N) is 1. The van der Waals surface area contributed by atoms with Crippen LogP contribution in [0.5, 0.6) is 0 Å². The van der Waals surface area contributed by atoms with Crippen molar-refractivity contribution in [1.82, 2.24) is 5.32 Å². The van der Waals surface area contributed by atoms with Crippen molar-refractivity contribution in [2.24, 2.45) is 16.8 Å². The van der Waals surface area contributed by atoms with Crippen molar-refractivity contribution < 1.29 is 5.21 Å². The van der Waals surface area contributed by atoms with E-state index >= 15 is 0 Å². The highest BCUT2D eigenvalue weighted by atomic mass is 16.4. The Morgan fingerprint density at radius 1 is 1.39 bits per heavy atom. The van der Waals surface area contributed by atoms with Gasteiger partial charge in [-0.3, -0.25) is 0 Å². The summed E-state index contributed by atoms with van der Waals surface area (Å²) in [5.41, 5.74) is 6.81. The Morgan fingerprint density at radius 3 is 2.67 bits per heavy atom. The molecule has 0 aliphatic heterocycles. The molecule has 1 unspecified atom stereocenters. The smallest absolute Gasteiger partial charge is 0.141 e. The molecular formula is C14H21N3O. The Morgan fingerprint density at radius 2 is 2.11 bits per heavy atom. The Balaban J connectivity index is 1.97. The lowest BCUT2D eigenvalue weighted by molar-refractivity contribution is 0.288. The maximum Gasteiger partial charge on any atom is 0.141 e. The zero-order valence-electron chi connectivity index (χ0n) is 10.5. The summed E-state index contributed by atoms with van der Waals surface area (Å²) in [5, 5.41) is 15.3. The number of benzene rings is 1. The Labute approximate surface area is 108 Å². The van der Waals surface area contributed by atoms with E-state index in [1.807, 2.05) is 18.2 Å². The molecule has 0 spiro atoms. The van der Waals surface area contributed by atoms with Crippen molar-refractivity contribution in [3.63, 3.8) is 0 Å². The van der Waals surface area contributed by atoms with Crippen LogP contribution in [-0.2, 0) is 0 Å². The Kier molecular flexibility index (Phi) is 4.59. The van der Waals surface area contributed by atoms with Gasteiger partial charge in [-0.25, -0.2) is 0 Å². The number of nitrogens with one attached hydrogen (secondary N) is 1. The predicted octanol–water partition coefficient (Wildman–Crippen LogP) is 2.25. The lowest BCUT2D eigenvalue weighted by atomic mass is 9.85. The van der Waals surface area contributed by atoms with Crippen molar-refractivity contribution in [3.8, 4) is 0 Å². The quantitative estimate of drug-likeness (QED) is 0.312. The fraction of sp³-hybridized carbons (Fsp3) is 0.500.